The van der Waals surface area contributed by atoms with Gasteiger partial charge in [0.1, 0.15) is 0 Å². The highest BCUT2D eigenvalue weighted by atomic mass is 32.2. The van der Waals surface area contributed by atoms with Crippen molar-refractivity contribution in [1.29, 1.82) is 0 Å². The molecule has 16 heavy (non-hydrogen) atoms. The van der Waals surface area contributed by atoms with Crippen LogP contribution in [-0.4, -0.2) is 36.2 Å². The first-order valence-electron chi connectivity index (χ1n) is 6.40. The quantitative estimate of drug-likeness (QED) is 0.769. The van der Waals surface area contributed by atoms with Crippen LogP contribution in [0.1, 0.15) is 39.0 Å². The van der Waals surface area contributed by atoms with Crippen LogP contribution in [0.4, 0.5) is 0 Å². The van der Waals surface area contributed by atoms with Crippen molar-refractivity contribution < 1.29 is 4.74 Å². The monoisotopic (exact) mass is 242 g/mol. The van der Waals surface area contributed by atoms with E-state index in [0.29, 0.717) is 12.1 Å². The largest absolute Gasteiger partial charge is 0.376 e. The molecule has 1 heterocycles. The van der Waals surface area contributed by atoms with Crippen LogP contribution in [0.25, 0.3) is 0 Å². The Kier molecular flexibility index (Phi) is 4.97. The average Bonchev–Trinajstić information content (AvgIpc) is 2.72. The van der Waals surface area contributed by atoms with Gasteiger partial charge in [-0.15, -0.1) is 0 Å². The number of hydrogen-bond acceptors (Lipinski definition) is 3. The lowest BCUT2D eigenvalue weighted by atomic mass is 9.98. The zero-order chi connectivity index (χ0) is 11.2. The maximum absolute atomic E-state index is 5.83. The molecule has 0 radical (unpaired) electrons. The van der Waals surface area contributed by atoms with E-state index in [2.05, 4.69) is 17.2 Å². The fraction of sp³-hybridized carbons (Fsp3) is 0.917. The van der Waals surface area contributed by atoms with Crippen LogP contribution in [0, 0.1) is 0 Å². The molecule has 1 N–H and O–H groups in total. The van der Waals surface area contributed by atoms with Crippen molar-refractivity contribution in [3.05, 3.63) is 0 Å². The molecule has 0 aromatic heterocycles. The third-order valence-corrected chi connectivity index (χ3v) is 4.28. The third-order valence-electron chi connectivity index (χ3n) is 3.09. The second-order valence-corrected chi connectivity index (χ2v) is 5.68. The molecule has 1 unspecified atom stereocenters. The number of nitrogens with zero attached hydrogens (tertiary/aromatic N) is 1. The van der Waals surface area contributed by atoms with Gasteiger partial charge in [-0.1, -0.05) is 31.0 Å². The zero-order valence-corrected chi connectivity index (χ0v) is 10.9. The Labute approximate surface area is 102 Å². The Hall–Kier alpha value is -0.220. The van der Waals surface area contributed by atoms with Gasteiger partial charge in [-0.25, -0.2) is 0 Å². The predicted octanol–water partition coefficient (Wildman–Crippen LogP) is 2.42. The summed E-state index contributed by atoms with van der Waals surface area (Å²) < 4.78 is 5.83. The second kappa shape index (κ2) is 6.50. The lowest BCUT2D eigenvalue weighted by Crippen LogP contribution is -2.24. The highest BCUT2D eigenvalue weighted by molar-refractivity contribution is 8.14. The van der Waals surface area contributed by atoms with Crippen LogP contribution in [0.2, 0.25) is 0 Å². The smallest absolute Gasteiger partial charge is 0.156 e. The summed E-state index contributed by atoms with van der Waals surface area (Å²) in [5.41, 5.74) is 0. The Morgan fingerprint density at radius 3 is 2.88 bits per heavy atom. The van der Waals surface area contributed by atoms with Gasteiger partial charge in [0, 0.05) is 11.8 Å². The topological polar surface area (TPSA) is 33.6 Å². The number of aliphatic imine (C=N–C) groups is 1. The molecule has 0 aromatic carbocycles. The van der Waals surface area contributed by atoms with E-state index < -0.39 is 0 Å². The van der Waals surface area contributed by atoms with E-state index >= 15 is 0 Å². The molecule has 92 valence electrons. The maximum atomic E-state index is 5.83. The van der Waals surface area contributed by atoms with Crippen LogP contribution in [0.5, 0.6) is 0 Å². The van der Waals surface area contributed by atoms with Gasteiger partial charge in [-0.3, -0.25) is 4.99 Å². The van der Waals surface area contributed by atoms with E-state index in [9.17, 15) is 0 Å². The Morgan fingerprint density at radius 1 is 1.38 bits per heavy atom. The normalized spacial score (nSPS) is 29.6. The standard InChI is InChI=1S/C12H22N2OS/c1-10-9-16-12(14-10)13-7-8-15-11-5-3-2-4-6-11/h10-11H,2-9H2,1H3,(H,13,14). The van der Waals surface area contributed by atoms with Crippen LogP contribution in [0.3, 0.4) is 0 Å². The van der Waals surface area contributed by atoms with Gasteiger partial charge in [0.2, 0.25) is 0 Å². The summed E-state index contributed by atoms with van der Waals surface area (Å²) in [4.78, 5) is 4.50. The van der Waals surface area contributed by atoms with Gasteiger partial charge in [0.15, 0.2) is 5.17 Å². The first kappa shape index (κ1) is 12.2. The summed E-state index contributed by atoms with van der Waals surface area (Å²) in [5.74, 6) is 1.14. The Morgan fingerprint density at radius 2 is 2.19 bits per heavy atom. The summed E-state index contributed by atoms with van der Waals surface area (Å²) >= 11 is 1.82. The molecule has 1 saturated carbocycles. The fourth-order valence-electron chi connectivity index (χ4n) is 2.19. The van der Waals surface area contributed by atoms with Crippen molar-refractivity contribution in [2.24, 2.45) is 4.99 Å². The lowest BCUT2D eigenvalue weighted by Gasteiger charge is -2.21. The lowest BCUT2D eigenvalue weighted by molar-refractivity contribution is 0.0335. The molecule has 0 aromatic rings. The van der Waals surface area contributed by atoms with E-state index in [0.717, 1.165) is 24.1 Å². The average molecular weight is 242 g/mol. The first-order chi connectivity index (χ1) is 7.84. The van der Waals surface area contributed by atoms with Crippen LogP contribution < -0.4 is 5.32 Å². The van der Waals surface area contributed by atoms with Gasteiger partial charge in [-0.05, 0) is 19.8 Å². The highest BCUT2D eigenvalue weighted by Gasteiger charge is 2.15. The molecule has 1 atom stereocenters. The Bertz CT molecular complexity index is 239. The minimum atomic E-state index is 0.511. The summed E-state index contributed by atoms with van der Waals surface area (Å²) in [5, 5.41) is 4.45. The van der Waals surface area contributed by atoms with E-state index in [1.54, 1.807) is 0 Å². The number of nitrogens with one attached hydrogen (secondary N) is 1. The summed E-state index contributed by atoms with van der Waals surface area (Å²) in [7, 11) is 0. The van der Waals surface area contributed by atoms with Crippen molar-refractivity contribution >= 4 is 16.9 Å². The van der Waals surface area contributed by atoms with Gasteiger partial charge < -0.3 is 10.1 Å². The van der Waals surface area contributed by atoms with Gasteiger partial charge in [0.25, 0.3) is 0 Å². The van der Waals surface area contributed by atoms with E-state index in [4.69, 9.17) is 4.74 Å². The minimum Gasteiger partial charge on any atom is -0.376 e. The summed E-state index contributed by atoms with van der Waals surface area (Å²) in [6, 6.07) is 0.572. The molecule has 2 fully saturated rings. The number of ether oxygens (including phenoxy) is 1. The number of rotatable bonds is 4. The molecule has 0 spiro atoms. The fourth-order valence-corrected chi connectivity index (χ4v) is 3.15. The first-order valence-corrected chi connectivity index (χ1v) is 7.38. The van der Waals surface area contributed by atoms with Crippen molar-refractivity contribution in [2.75, 3.05) is 18.9 Å². The van der Waals surface area contributed by atoms with Crippen molar-refractivity contribution in [2.45, 2.75) is 51.2 Å². The SMILES string of the molecule is CC1CSC(=NCCOC2CCCCC2)N1. The Balaban J connectivity index is 1.57. The van der Waals surface area contributed by atoms with Crippen LogP contribution in [0.15, 0.2) is 4.99 Å². The maximum Gasteiger partial charge on any atom is 0.156 e. The van der Waals surface area contributed by atoms with Gasteiger partial charge >= 0.3 is 0 Å². The molecule has 1 saturated heterocycles. The molecule has 0 bridgehead atoms. The van der Waals surface area contributed by atoms with E-state index in [1.165, 1.54) is 32.1 Å². The highest BCUT2D eigenvalue weighted by Crippen LogP contribution is 2.20. The van der Waals surface area contributed by atoms with Crippen LogP contribution >= 0.6 is 11.8 Å². The second-order valence-electron chi connectivity index (χ2n) is 4.67. The zero-order valence-electron chi connectivity index (χ0n) is 10.1. The third kappa shape index (κ3) is 3.98. The van der Waals surface area contributed by atoms with Crippen molar-refractivity contribution in [1.82, 2.24) is 5.32 Å². The molecule has 1 aliphatic carbocycles. The predicted molar refractivity (Wildman–Crippen MR) is 70.2 cm³/mol. The van der Waals surface area contributed by atoms with Crippen LogP contribution in [-0.2, 0) is 4.74 Å². The molecule has 0 amide bonds. The molecule has 3 nitrogen and oxygen atoms in total. The van der Waals surface area contributed by atoms with E-state index in [1.807, 2.05) is 11.8 Å². The van der Waals surface area contributed by atoms with Crippen molar-refractivity contribution in [3.8, 4) is 0 Å². The van der Waals surface area contributed by atoms with Crippen molar-refractivity contribution in [3.63, 3.8) is 0 Å². The molecular formula is C12H22N2OS. The summed E-state index contributed by atoms with van der Waals surface area (Å²) in [6.45, 7) is 3.78. The van der Waals surface area contributed by atoms with Gasteiger partial charge in [0.05, 0.1) is 19.3 Å². The summed E-state index contributed by atoms with van der Waals surface area (Å²) in [6.07, 6.45) is 7.08. The van der Waals surface area contributed by atoms with Gasteiger partial charge in [-0.2, -0.15) is 0 Å². The minimum absolute atomic E-state index is 0.511. The number of hydrogen-bond donors (Lipinski definition) is 1. The number of amidine groups is 1. The molecule has 4 heteroatoms. The molecule has 1 aliphatic heterocycles. The molecular weight excluding hydrogens is 220 g/mol. The van der Waals surface area contributed by atoms with E-state index in [-0.39, 0.29) is 0 Å². The molecule has 2 aliphatic rings. The number of thioether (sulfide) groups is 1. The molecule has 2 rings (SSSR count).